The van der Waals surface area contributed by atoms with Crippen molar-refractivity contribution in [2.75, 3.05) is 0 Å². The van der Waals surface area contributed by atoms with Crippen LogP contribution >= 0.6 is 11.3 Å². The molecule has 0 bridgehead atoms. The number of nitrogens with zero attached hydrogens (tertiary/aromatic N) is 3. The van der Waals surface area contributed by atoms with Crippen molar-refractivity contribution >= 4 is 17.2 Å². The molecule has 0 spiro atoms. The van der Waals surface area contributed by atoms with Crippen LogP contribution in [-0.4, -0.2) is 20.4 Å². The van der Waals surface area contributed by atoms with E-state index >= 15 is 0 Å². The molecule has 0 aliphatic rings. The fraction of sp³-hybridized carbons (Fsp3) is 0.316. The molecule has 130 valence electrons. The second-order valence-electron chi connectivity index (χ2n) is 6.32. The minimum absolute atomic E-state index is 0.0733. The zero-order valence-corrected chi connectivity index (χ0v) is 15.5. The van der Waals surface area contributed by atoms with Gasteiger partial charge in [0.05, 0.1) is 23.1 Å². The van der Waals surface area contributed by atoms with Crippen molar-refractivity contribution in [3.05, 3.63) is 70.2 Å². The first-order valence-corrected chi connectivity index (χ1v) is 9.15. The zero-order valence-electron chi connectivity index (χ0n) is 14.6. The number of carbonyl (C=O) groups is 1. The van der Waals surface area contributed by atoms with E-state index in [9.17, 15) is 4.79 Å². The molecule has 2 aromatic heterocycles. The van der Waals surface area contributed by atoms with Gasteiger partial charge in [0.2, 0.25) is 0 Å². The Morgan fingerprint density at radius 2 is 2.04 bits per heavy atom. The first-order chi connectivity index (χ1) is 12.0. The maximum atomic E-state index is 12.8. The van der Waals surface area contributed by atoms with Crippen molar-refractivity contribution in [1.29, 1.82) is 0 Å². The molecule has 0 fully saturated rings. The molecule has 2 heterocycles. The highest BCUT2D eigenvalue weighted by Gasteiger charge is 2.21. The Hall–Kier alpha value is -2.47. The van der Waals surface area contributed by atoms with Crippen LogP contribution in [0.2, 0.25) is 0 Å². The molecule has 1 atom stereocenters. The Morgan fingerprint density at radius 1 is 1.28 bits per heavy atom. The number of carbonyl (C=O) groups excluding carboxylic acids is 1. The van der Waals surface area contributed by atoms with Crippen molar-refractivity contribution in [1.82, 2.24) is 19.9 Å². The summed E-state index contributed by atoms with van der Waals surface area (Å²) in [6.07, 6.45) is 5.40. The van der Waals surface area contributed by atoms with Crippen molar-refractivity contribution in [2.45, 2.75) is 39.3 Å². The molecule has 0 saturated heterocycles. The summed E-state index contributed by atoms with van der Waals surface area (Å²) in [4.78, 5) is 22.2. The fourth-order valence-corrected chi connectivity index (χ4v) is 3.60. The normalized spacial score (nSPS) is 12.3. The van der Waals surface area contributed by atoms with Crippen molar-refractivity contribution in [2.24, 2.45) is 0 Å². The number of aryl methyl sites for hydroxylation is 1. The smallest absolute Gasteiger partial charge is 0.263 e. The van der Waals surface area contributed by atoms with Crippen LogP contribution in [0.15, 0.2) is 49.1 Å². The van der Waals surface area contributed by atoms with Crippen molar-refractivity contribution < 1.29 is 4.79 Å². The number of aromatic nitrogens is 3. The minimum atomic E-state index is -0.133. The van der Waals surface area contributed by atoms with Gasteiger partial charge in [-0.3, -0.25) is 4.79 Å². The van der Waals surface area contributed by atoms with Crippen molar-refractivity contribution in [3.8, 4) is 0 Å². The Balaban J connectivity index is 1.83. The van der Waals surface area contributed by atoms with Crippen LogP contribution in [0.4, 0.5) is 0 Å². The molecule has 0 radical (unpaired) electrons. The molecule has 25 heavy (non-hydrogen) atoms. The SMILES string of the molecule is Cc1nc(C(C)C)sc1C(=O)NC(Cn1ccnc1)c1ccccc1. The number of hydrogen-bond acceptors (Lipinski definition) is 4. The number of imidazole rings is 1. The summed E-state index contributed by atoms with van der Waals surface area (Å²) in [5.74, 6) is 0.247. The van der Waals surface area contributed by atoms with E-state index in [1.54, 1.807) is 12.5 Å². The molecular weight excluding hydrogens is 332 g/mol. The predicted molar refractivity (Wildman–Crippen MR) is 99.8 cm³/mol. The molecule has 1 unspecified atom stereocenters. The minimum Gasteiger partial charge on any atom is -0.343 e. The number of amides is 1. The van der Waals surface area contributed by atoms with Crippen LogP contribution in [0, 0.1) is 6.92 Å². The lowest BCUT2D eigenvalue weighted by Gasteiger charge is -2.19. The highest BCUT2D eigenvalue weighted by atomic mass is 32.1. The first kappa shape index (κ1) is 17.4. The van der Waals surface area contributed by atoms with E-state index in [2.05, 4.69) is 29.1 Å². The van der Waals surface area contributed by atoms with E-state index < -0.39 is 0 Å². The van der Waals surface area contributed by atoms with E-state index in [0.29, 0.717) is 17.3 Å². The Morgan fingerprint density at radius 3 is 2.64 bits per heavy atom. The van der Waals surface area contributed by atoms with Crippen LogP contribution in [0.5, 0.6) is 0 Å². The van der Waals surface area contributed by atoms with Gasteiger partial charge in [-0.2, -0.15) is 0 Å². The van der Waals surface area contributed by atoms with Crippen LogP contribution < -0.4 is 5.32 Å². The third-order valence-corrected chi connectivity index (χ3v) is 5.43. The van der Waals surface area contributed by atoms with E-state index in [-0.39, 0.29) is 11.9 Å². The third kappa shape index (κ3) is 4.14. The lowest BCUT2D eigenvalue weighted by Crippen LogP contribution is -2.31. The summed E-state index contributed by atoms with van der Waals surface area (Å²) < 4.78 is 1.97. The predicted octanol–water partition coefficient (Wildman–Crippen LogP) is 3.94. The van der Waals surface area contributed by atoms with Crippen molar-refractivity contribution in [3.63, 3.8) is 0 Å². The quantitative estimate of drug-likeness (QED) is 0.729. The zero-order chi connectivity index (χ0) is 17.8. The largest absolute Gasteiger partial charge is 0.343 e. The summed E-state index contributed by atoms with van der Waals surface area (Å²) in [6, 6.07) is 9.87. The van der Waals surface area contributed by atoms with Gasteiger partial charge >= 0.3 is 0 Å². The van der Waals surface area contributed by atoms with Gasteiger partial charge in [-0.15, -0.1) is 11.3 Å². The van der Waals surface area contributed by atoms with Gasteiger partial charge in [0.1, 0.15) is 4.88 Å². The Kier molecular flexibility index (Phi) is 5.28. The van der Waals surface area contributed by atoms with Gasteiger partial charge in [-0.05, 0) is 12.5 Å². The monoisotopic (exact) mass is 354 g/mol. The summed E-state index contributed by atoms with van der Waals surface area (Å²) >= 11 is 1.48. The highest BCUT2D eigenvalue weighted by Crippen LogP contribution is 2.25. The van der Waals surface area contributed by atoms with Crippen LogP contribution in [0.25, 0.3) is 0 Å². The number of benzene rings is 1. The molecule has 0 aliphatic carbocycles. The summed E-state index contributed by atoms with van der Waals surface area (Å²) in [6.45, 7) is 6.70. The van der Waals surface area contributed by atoms with Gasteiger partial charge in [0, 0.05) is 24.9 Å². The lowest BCUT2D eigenvalue weighted by molar-refractivity contribution is 0.0936. The number of hydrogen-bond donors (Lipinski definition) is 1. The molecule has 1 N–H and O–H groups in total. The summed E-state index contributed by atoms with van der Waals surface area (Å²) in [5.41, 5.74) is 1.86. The van der Waals surface area contributed by atoms with Crippen LogP contribution in [0.3, 0.4) is 0 Å². The molecule has 3 rings (SSSR count). The Labute approximate surface area is 151 Å². The second-order valence-corrected chi connectivity index (χ2v) is 7.35. The molecular formula is C19H22N4OS. The third-order valence-electron chi connectivity index (χ3n) is 3.97. The average Bonchev–Trinajstić information content (AvgIpc) is 3.24. The second kappa shape index (κ2) is 7.61. The standard InChI is InChI=1S/C19H22N4OS/c1-13(2)19-21-14(3)17(25-19)18(24)22-16(11-23-10-9-20-12-23)15-7-5-4-6-8-15/h4-10,12-13,16H,11H2,1-3H3,(H,22,24). The van der Waals surface area contributed by atoms with Gasteiger partial charge in [-0.1, -0.05) is 44.2 Å². The number of thiazole rings is 1. The molecule has 0 aliphatic heterocycles. The molecule has 6 heteroatoms. The number of rotatable bonds is 6. The maximum absolute atomic E-state index is 12.8. The summed E-state index contributed by atoms with van der Waals surface area (Å²) in [5, 5.41) is 4.16. The van der Waals surface area contributed by atoms with Gasteiger partial charge in [0.15, 0.2) is 0 Å². The molecule has 1 amide bonds. The lowest BCUT2D eigenvalue weighted by atomic mass is 10.1. The van der Waals surface area contributed by atoms with Gasteiger partial charge in [0.25, 0.3) is 5.91 Å². The molecule has 3 aromatic rings. The fourth-order valence-electron chi connectivity index (χ4n) is 2.62. The highest BCUT2D eigenvalue weighted by molar-refractivity contribution is 7.13. The van der Waals surface area contributed by atoms with E-state index in [1.807, 2.05) is 48.0 Å². The molecule has 0 saturated carbocycles. The summed E-state index contributed by atoms with van der Waals surface area (Å²) in [7, 11) is 0. The Bertz CT molecular complexity index is 824. The van der Waals surface area contributed by atoms with Crippen LogP contribution in [0.1, 0.15) is 51.7 Å². The average molecular weight is 354 g/mol. The van der Waals surface area contributed by atoms with Crippen LogP contribution in [-0.2, 0) is 6.54 Å². The first-order valence-electron chi connectivity index (χ1n) is 8.33. The van der Waals surface area contributed by atoms with E-state index in [4.69, 9.17) is 0 Å². The van der Waals surface area contributed by atoms with E-state index in [0.717, 1.165) is 16.3 Å². The molecule has 5 nitrogen and oxygen atoms in total. The topological polar surface area (TPSA) is 59.8 Å². The number of nitrogens with one attached hydrogen (secondary N) is 1. The van der Waals surface area contributed by atoms with Gasteiger partial charge in [-0.25, -0.2) is 9.97 Å². The maximum Gasteiger partial charge on any atom is 0.263 e. The van der Waals surface area contributed by atoms with E-state index in [1.165, 1.54) is 11.3 Å². The van der Waals surface area contributed by atoms with Gasteiger partial charge < -0.3 is 9.88 Å². The molecule has 1 aromatic carbocycles.